The first-order chi connectivity index (χ1) is 12.4. The molecule has 0 atom stereocenters. The molecule has 2 aliphatic rings. The first-order valence-corrected chi connectivity index (χ1v) is 9.82. The normalized spacial score (nSPS) is 18.0. The Bertz CT molecular complexity index is 910. The molecule has 26 heavy (non-hydrogen) atoms. The summed E-state index contributed by atoms with van der Waals surface area (Å²) in [5.74, 6) is 2.44. The van der Waals surface area contributed by atoms with Crippen molar-refractivity contribution in [2.75, 3.05) is 13.3 Å². The molecule has 1 aromatic heterocycles. The highest BCUT2D eigenvalue weighted by Gasteiger charge is 2.33. The lowest BCUT2D eigenvalue weighted by molar-refractivity contribution is 0.0835. The van der Waals surface area contributed by atoms with Crippen LogP contribution in [0.2, 0.25) is 0 Å². The number of ketones is 1. The van der Waals surface area contributed by atoms with Crippen LogP contribution >= 0.6 is 11.3 Å². The molecule has 4 nitrogen and oxygen atoms in total. The molecule has 4 rings (SSSR count). The SMILES string of the molecule is Cc1ccsc1/C=C1\Oc2c(cc3c(c2C)OCN(CC(C)C)C3)C1=O. The van der Waals surface area contributed by atoms with E-state index in [1.165, 1.54) is 0 Å². The lowest BCUT2D eigenvalue weighted by Gasteiger charge is -2.31. The third-order valence-corrected chi connectivity index (χ3v) is 5.76. The highest BCUT2D eigenvalue weighted by Crippen LogP contribution is 2.43. The number of carbonyl (C=O) groups excluding carboxylic acids is 1. The summed E-state index contributed by atoms with van der Waals surface area (Å²) in [6.45, 7) is 10.8. The maximum Gasteiger partial charge on any atom is 0.232 e. The first-order valence-electron chi connectivity index (χ1n) is 8.94. The van der Waals surface area contributed by atoms with Gasteiger partial charge in [0.1, 0.15) is 18.2 Å². The molecule has 2 aromatic rings. The van der Waals surface area contributed by atoms with E-state index in [4.69, 9.17) is 9.47 Å². The van der Waals surface area contributed by atoms with Crippen molar-refractivity contribution in [3.05, 3.63) is 50.4 Å². The van der Waals surface area contributed by atoms with Crippen LogP contribution < -0.4 is 9.47 Å². The number of allylic oxidation sites excluding steroid dienone is 1. The van der Waals surface area contributed by atoms with Gasteiger partial charge in [-0.3, -0.25) is 9.69 Å². The summed E-state index contributed by atoms with van der Waals surface area (Å²) in [6.07, 6.45) is 1.85. The van der Waals surface area contributed by atoms with Gasteiger partial charge in [0, 0.05) is 35.2 Å². The maximum atomic E-state index is 12.9. The van der Waals surface area contributed by atoms with Crippen LogP contribution in [-0.2, 0) is 6.54 Å². The van der Waals surface area contributed by atoms with Crippen molar-refractivity contribution in [3.63, 3.8) is 0 Å². The van der Waals surface area contributed by atoms with Gasteiger partial charge in [-0.05, 0) is 42.8 Å². The minimum absolute atomic E-state index is 0.0420. The molecule has 0 saturated carbocycles. The Morgan fingerprint density at radius 3 is 2.81 bits per heavy atom. The molecule has 5 heteroatoms. The van der Waals surface area contributed by atoms with E-state index < -0.39 is 0 Å². The number of thiophene rings is 1. The van der Waals surface area contributed by atoms with Gasteiger partial charge in [0.25, 0.3) is 0 Å². The molecule has 0 bridgehead atoms. The Morgan fingerprint density at radius 2 is 2.12 bits per heavy atom. The Kier molecular flexibility index (Phi) is 4.37. The predicted octanol–water partition coefficient (Wildman–Crippen LogP) is 4.79. The molecule has 3 heterocycles. The van der Waals surface area contributed by atoms with Crippen LogP contribution in [-0.4, -0.2) is 24.0 Å². The molecule has 136 valence electrons. The quantitative estimate of drug-likeness (QED) is 0.729. The average molecular weight is 369 g/mol. The number of ether oxygens (including phenoxy) is 2. The summed E-state index contributed by atoms with van der Waals surface area (Å²) >= 11 is 1.61. The predicted molar refractivity (Wildman–Crippen MR) is 104 cm³/mol. The summed E-state index contributed by atoms with van der Waals surface area (Å²) in [6, 6.07) is 4.00. The van der Waals surface area contributed by atoms with Crippen molar-refractivity contribution in [2.45, 2.75) is 34.2 Å². The Morgan fingerprint density at radius 1 is 1.31 bits per heavy atom. The molecule has 0 saturated heterocycles. The summed E-state index contributed by atoms with van der Waals surface area (Å²) in [7, 11) is 0. The van der Waals surface area contributed by atoms with Crippen molar-refractivity contribution in [1.82, 2.24) is 4.90 Å². The van der Waals surface area contributed by atoms with Crippen molar-refractivity contribution in [1.29, 1.82) is 0 Å². The van der Waals surface area contributed by atoms with Gasteiger partial charge in [-0.15, -0.1) is 11.3 Å². The number of rotatable bonds is 3. The summed E-state index contributed by atoms with van der Waals surface area (Å²) < 4.78 is 12.0. The number of carbonyl (C=O) groups is 1. The van der Waals surface area contributed by atoms with E-state index in [0.717, 1.165) is 40.4 Å². The van der Waals surface area contributed by atoms with E-state index in [0.29, 0.717) is 29.7 Å². The molecule has 0 fully saturated rings. The van der Waals surface area contributed by atoms with Gasteiger partial charge in [-0.2, -0.15) is 0 Å². The topological polar surface area (TPSA) is 38.8 Å². The third-order valence-electron chi connectivity index (χ3n) is 4.79. The van der Waals surface area contributed by atoms with Crippen LogP contribution in [0.5, 0.6) is 11.5 Å². The number of fused-ring (bicyclic) bond motifs is 2. The van der Waals surface area contributed by atoms with Crippen LogP contribution in [0.1, 0.15) is 45.8 Å². The standard InChI is InChI=1S/C21H23NO3S/c1-12(2)9-22-10-15-7-16-19(23)17(8-18-13(3)5-6-26-18)25-21(16)14(4)20(15)24-11-22/h5-8,12H,9-11H2,1-4H3/b17-8-. The van der Waals surface area contributed by atoms with Gasteiger partial charge in [-0.25, -0.2) is 0 Å². The summed E-state index contributed by atoms with van der Waals surface area (Å²) in [5.41, 5.74) is 3.79. The van der Waals surface area contributed by atoms with Gasteiger partial charge in [-0.1, -0.05) is 13.8 Å². The number of hydrogen-bond acceptors (Lipinski definition) is 5. The monoisotopic (exact) mass is 369 g/mol. The Hall–Kier alpha value is -2.11. The van der Waals surface area contributed by atoms with Crippen molar-refractivity contribution >= 4 is 23.2 Å². The molecular formula is C21H23NO3S. The van der Waals surface area contributed by atoms with Crippen LogP contribution in [0.3, 0.4) is 0 Å². The lowest BCUT2D eigenvalue weighted by atomic mass is 10.00. The number of nitrogens with zero attached hydrogens (tertiary/aromatic N) is 1. The molecule has 0 amide bonds. The van der Waals surface area contributed by atoms with E-state index in [1.54, 1.807) is 11.3 Å². The largest absolute Gasteiger partial charge is 0.477 e. The second-order valence-electron chi connectivity index (χ2n) is 7.45. The highest BCUT2D eigenvalue weighted by molar-refractivity contribution is 7.11. The minimum atomic E-state index is -0.0420. The average Bonchev–Trinajstić information content (AvgIpc) is 3.13. The smallest absolute Gasteiger partial charge is 0.232 e. The molecule has 0 unspecified atom stereocenters. The van der Waals surface area contributed by atoms with Gasteiger partial charge in [0.2, 0.25) is 5.78 Å². The number of aryl methyl sites for hydroxylation is 1. The second-order valence-corrected chi connectivity index (χ2v) is 8.40. The molecule has 1 aromatic carbocycles. The van der Waals surface area contributed by atoms with E-state index in [9.17, 15) is 4.79 Å². The van der Waals surface area contributed by atoms with Crippen LogP contribution in [0.4, 0.5) is 0 Å². The van der Waals surface area contributed by atoms with Crippen molar-refractivity contribution in [2.24, 2.45) is 5.92 Å². The zero-order valence-corrected chi connectivity index (χ0v) is 16.4. The highest BCUT2D eigenvalue weighted by atomic mass is 32.1. The minimum Gasteiger partial charge on any atom is -0.477 e. The number of Topliss-reactive ketones (excluding diaryl/α,β-unsaturated/α-hetero) is 1. The van der Waals surface area contributed by atoms with Crippen LogP contribution in [0.25, 0.3) is 6.08 Å². The molecule has 0 aliphatic carbocycles. The molecule has 0 spiro atoms. The van der Waals surface area contributed by atoms with Gasteiger partial charge >= 0.3 is 0 Å². The number of benzene rings is 1. The maximum absolute atomic E-state index is 12.9. The zero-order valence-electron chi connectivity index (χ0n) is 15.6. The van der Waals surface area contributed by atoms with E-state index in [2.05, 4.69) is 18.7 Å². The third kappa shape index (κ3) is 2.95. The van der Waals surface area contributed by atoms with Crippen LogP contribution in [0, 0.1) is 19.8 Å². The van der Waals surface area contributed by atoms with Crippen molar-refractivity contribution < 1.29 is 14.3 Å². The van der Waals surface area contributed by atoms with Gasteiger partial charge in [0.05, 0.1) is 5.56 Å². The fourth-order valence-electron chi connectivity index (χ4n) is 3.58. The fraction of sp³-hybridized carbons (Fsp3) is 0.381. The van der Waals surface area contributed by atoms with Crippen molar-refractivity contribution in [3.8, 4) is 11.5 Å². The van der Waals surface area contributed by atoms with E-state index >= 15 is 0 Å². The van der Waals surface area contributed by atoms with Gasteiger partial charge < -0.3 is 9.47 Å². The molecule has 0 N–H and O–H groups in total. The Labute approximate surface area is 158 Å². The second kappa shape index (κ2) is 6.56. The molecule has 0 radical (unpaired) electrons. The molecule has 2 aliphatic heterocycles. The summed E-state index contributed by atoms with van der Waals surface area (Å²) in [4.78, 5) is 16.2. The zero-order chi connectivity index (χ0) is 18.4. The van der Waals surface area contributed by atoms with E-state index in [1.807, 2.05) is 37.4 Å². The van der Waals surface area contributed by atoms with Crippen LogP contribution in [0.15, 0.2) is 23.3 Å². The Balaban J connectivity index is 1.69. The van der Waals surface area contributed by atoms with E-state index in [-0.39, 0.29) is 5.78 Å². The van der Waals surface area contributed by atoms with Gasteiger partial charge in [0.15, 0.2) is 5.76 Å². The fourth-order valence-corrected chi connectivity index (χ4v) is 4.43. The number of hydrogen-bond donors (Lipinski definition) is 0. The molecular weight excluding hydrogens is 346 g/mol. The lowest BCUT2D eigenvalue weighted by Crippen LogP contribution is -2.35. The summed E-state index contributed by atoms with van der Waals surface area (Å²) in [5, 5.41) is 2.02. The first kappa shape index (κ1) is 17.3.